The number of halogens is 1. The van der Waals surface area contributed by atoms with Gasteiger partial charge in [-0.1, -0.05) is 29.8 Å². The highest BCUT2D eigenvalue weighted by molar-refractivity contribution is 6.31. The summed E-state index contributed by atoms with van der Waals surface area (Å²) in [6, 6.07) is 7.65. The fraction of sp³-hybridized carbons (Fsp3) is 0.417. The maximum atomic E-state index is 11.6. The van der Waals surface area contributed by atoms with Gasteiger partial charge < -0.3 is 4.74 Å². The summed E-state index contributed by atoms with van der Waals surface area (Å²) < 4.78 is 5.30. The fourth-order valence-electron chi connectivity index (χ4n) is 1.80. The van der Waals surface area contributed by atoms with Crippen molar-refractivity contribution in [3.63, 3.8) is 0 Å². The molecule has 15 heavy (non-hydrogen) atoms. The van der Waals surface area contributed by atoms with Crippen LogP contribution in [0, 0.1) is 5.92 Å². The summed E-state index contributed by atoms with van der Waals surface area (Å²) >= 11 is 6.04. The lowest BCUT2D eigenvalue weighted by molar-refractivity contribution is -0.130. The molecule has 0 radical (unpaired) electrons. The summed E-state index contributed by atoms with van der Waals surface area (Å²) in [4.78, 5) is 11.6. The molecule has 1 aromatic carbocycles. The van der Waals surface area contributed by atoms with Crippen LogP contribution < -0.4 is 0 Å². The lowest BCUT2D eigenvalue weighted by atomic mass is 9.93. The molecular weight excluding hydrogens is 212 g/mol. The van der Waals surface area contributed by atoms with Crippen molar-refractivity contribution < 1.29 is 9.53 Å². The van der Waals surface area contributed by atoms with Crippen LogP contribution in [0.1, 0.15) is 12.0 Å². The van der Waals surface area contributed by atoms with E-state index < -0.39 is 0 Å². The van der Waals surface area contributed by atoms with Crippen molar-refractivity contribution in [1.82, 2.24) is 0 Å². The highest BCUT2D eigenvalue weighted by atomic mass is 35.5. The third-order valence-electron chi connectivity index (χ3n) is 2.69. The fourth-order valence-corrected chi connectivity index (χ4v) is 2.01. The Morgan fingerprint density at radius 2 is 2.20 bits per heavy atom. The second kappa shape index (κ2) is 4.77. The maximum Gasteiger partial charge on any atom is 0.140 e. The van der Waals surface area contributed by atoms with Crippen molar-refractivity contribution in [1.29, 1.82) is 0 Å². The normalized spacial score (nSPS) is 21.7. The molecular formula is C12H13ClO2. The highest BCUT2D eigenvalue weighted by Crippen LogP contribution is 2.21. The van der Waals surface area contributed by atoms with Gasteiger partial charge in [-0.15, -0.1) is 0 Å². The zero-order chi connectivity index (χ0) is 10.7. The summed E-state index contributed by atoms with van der Waals surface area (Å²) in [5.41, 5.74) is 1.03. The van der Waals surface area contributed by atoms with Crippen LogP contribution in [0.4, 0.5) is 0 Å². The number of hydrogen-bond acceptors (Lipinski definition) is 2. The summed E-state index contributed by atoms with van der Waals surface area (Å²) in [6.07, 6.45) is 1.23. The topological polar surface area (TPSA) is 26.3 Å². The third kappa shape index (κ3) is 2.58. The smallest absolute Gasteiger partial charge is 0.140 e. The summed E-state index contributed by atoms with van der Waals surface area (Å²) in [7, 11) is 0. The number of rotatable bonds is 2. The standard InChI is InChI=1S/C12H13ClO2/c13-11-4-2-1-3-9(11)7-10-8-15-6-5-12(10)14/h1-4,10H,5-8H2. The molecule has 0 bridgehead atoms. The van der Waals surface area contributed by atoms with E-state index in [0.717, 1.165) is 10.6 Å². The Morgan fingerprint density at radius 1 is 1.40 bits per heavy atom. The van der Waals surface area contributed by atoms with Crippen molar-refractivity contribution in [2.75, 3.05) is 13.2 Å². The number of Topliss-reactive ketones (excluding diaryl/α,β-unsaturated/α-hetero) is 1. The van der Waals surface area contributed by atoms with Gasteiger partial charge in [-0.3, -0.25) is 4.79 Å². The van der Waals surface area contributed by atoms with Gasteiger partial charge in [0.25, 0.3) is 0 Å². The van der Waals surface area contributed by atoms with E-state index in [1.54, 1.807) is 0 Å². The number of carbonyl (C=O) groups excluding carboxylic acids is 1. The van der Waals surface area contributed by atoms with Crippen LogP contribution in [0.3, 0.4) is 0 Å². The van der Waals surface area contributed by atoms with Gasteiger partial charge in [-0.05, 0) is 18.1 Å². The van der Waals surface area contributed by atoms with E-state index in [0.29, 0.717) is 31.8 Å². The van der Waals surface area contributed by atoms with Gasteiger partial charge in [-0.25, -0.2) is 0 Å². The molecule has 0 saturated carbocycles. The first-order chi connectivity index (χ1) is 7.27. The van der Waals surface area contributed by atoms with Crippen molar-refractivity contribution in [3.05, 3.63) is 34.9 Å². The molecule has 0 aromatic heterocycles. The van der Waals surface area contributed by atoms with Gasteiger partial charge in [0.15, 0.2) is 0 Å². The van der Waals surface area contributed by atoms with Gasteiger partial charge in [-0.2, -0.15) is 0 Å². The van der Waals surface area contributed by atoms with Gasteiger partial charge in [0, 0.05) is 17.4 Å². The molecule has 1 unspecified atom stereocenters. The van der Waals surface area contributed by atoms with E-state index in [-0.39, 0.29) is 5.92 Å². The largest absolute Gasteiger partial charge is 0.380 e. The van der Waals surface area contributed by atoms with E-state index in [1.807, 2.05) is 24.3 Å². The van der Waals surface area contributed by atoms with E-state index in [4.69, 9.17) is 16.3 Å². The predicted molar refractivity (Wildman–Crippen MR) is 59.1 cm³/mol. The van der Waals surface area contributed by atoms with Crippen molar-refractivity contribution in [3.8, 4) is 0 Å². The van der Waals surface area contributed by atoms with Crippen LogP contribution in [0.2, 0.25) is 5.02 Å². The van der Waals surface area contributed by atoms with Crippen LogP contribution in [0.25, 0.3) is 0 Å². The molecule has 1 aliphatic rings. The lowest BCUT2D eigenvalue weighted by Gasteiger charge is -2.21. The van der Waals surface area contributed by atoms with Crippen LogP contribution in [-0.2, 0) is 16.0 Å². The minimum Gasteiger partial charge on any atom is -0.380 e. The Labute approximate surface area is 94.2 Å². The van der Waals surface area contributed by atoms with Crippen LogP contribution in [0.15, 0.2) is 24.3 Å². The van der Waals surface area contributed by atoms with Gasteiger partial charge in [0.2, 0.25) is 0 Å². The minimum atomic E-state index is -0.0151. The summed E-state index contributed by atoms with van der Waals surface area (Å²) in [5, 5.41) is 0.732. The minimum absolute atomic E-state index is 0.0151. The first kappa shape index (κ1) is 10.7. The Hall–Kier alpha value is -0.860. The number of ether oxygens (including phenoxy) is 1. The van der Waals surface area contributed by atoms with Crippen molar-refractivity contribution in [2.24, 2.45) is 5.92 Å². The molecule has 1 aliphatic heterocycles. The Balaban J connectivity index is 2.08. The molecule has 3 heteroatoms. The van der Waals surface area contributed by atoms with Gasteiger partial charge >= 0.3 is 0 Å². The highest BCUT2D eigenvalue weighted by Gasteiger charge is 2.23. The number of hydrogen-bond donors (Lipinski definition) is 0. The molecule has 2 nitrogen and oxygen atoms in total. The van der Waals surface area contributed by atoms with Crippen LogP contribution in [0.5, 0.6) is 0 Å². The molecule has 1 fully saturated rings. The molecule has 0 aliphatic carbocycles. The van der Waals surface area contributed by atoms with Crippen LogP contribution >= 0.6 is 11.6 Å². The summed E-state index contributed by atoms with van der Waals surface area (Å²) in [6.45, 7) is 1.10. The van der Waals surface area contributed by atoms with E-state index in [2.05, 4.69) is 0 Å². The molecule has 2 rings (SSSR count). The average molecular weight is 225 g/mol. The maximum absolute atomic E-state index is 11.6. The Morgan fingerprint density at radius 3 is 2.93 bits per heavy atom. The first-order valence-electron chi connectivity index (χ1n) is 5.11. The molecule has 0 spiro atoms. The molecule has 0 amide bonds. The number of ketones is 1. The van der Waals surface area contributed by atoms with Gasteiger partial charge in [0.05, 0.1) is 13.2 Å². The Kier molecular flexibility index (Phi) is 3.39. The molecule has 1 atom stereocenters. The zero-order valence-corrected chi connectivity index (χ0v) is 9.17. The zero-order valence-electron chi connectivity index (χ0n) is 8.41. The van der Waals surface area contributed by atoms with Crippen molar-refractivity contribution in [2.45, 2.75) is 12.8 Å². The van der Waals surface area contributed by atoms with Gasteiger partial charge in [0.1, 0.15) is 5.78 Å². The Bertz CT molecular complexity index is 362. The van der Waals surface area contributed by atoms with Crippen LogP contribution in [-0.4, -0.2) is 19.0 Å². The third-order valence-corrected chi connectivity index (χ3v) is 3.06. The lowest BCUT2D eigenvalue weighted by Crippen LogP contribution is -2.29. The van der Waals surface area contributed by atoms with E-state index in [1.165, 1.54) is 0 Å². The first-order valence-corrected chi connectivity index (χ1v) is 5.49. The second-order valence-corrected chi connectivity index (χ2v) is 4.19. The van der Waals surface area contributed by atoms with E-state index >= 15 is 0 Å². The number of carbonyl (C=O) groups is 1. The quantitative estimate of drug-likeness (QED) is 0.772. The van der Waals surface area contributed by atoms with Crippen molar-refractivity contribution >= 4 is 17.4 Å². The molecule has 1 heterocycles. The molecule has 0 N–H and O–H groups in total. The SMILES string of the molecule is O=C1CCOCC1Cc1ccccc1Cl. The number of benzene rings is 1. The molecule has 1 saturated heterocycles. The second-order valence-electron chi connectivity index (χ2n) is 3.78. The monoisotopic (exact) mass is 224 g/mol. The summed E-state index contributed by atoms with van der Waals surface area (Å²) in [5.74, 6) is 0.278. The average Bonchev–Trinajstić information content (AvgIpc) is 2.24. The van der Waals surface area contributed by atoms with E-state index in [9.17, 15) is 4.79 Å². The molecule has 1 aromatic rings. The predicted octanol–water partition coefficient (Wildman–Crippen LogP) is 2.49. The molecule has 80 valence electrons.